The molecule has 0 aromatic heterocycles. The molecule has 1 nitrogen and oxygen atoms in total. The number of alkyl halides is 1. The number of rotatable bonds is 1. The van der Waals surface area contributed by atoms with Gasteiger partial charge in [-0.2, -0.15) is 0 Å². The quantitative estimate of drug-likeness (QED) is 0.687. The maximum absolute atomic E-state index is 5.20. The molecule has 0 radical (unpaired) electrons. The predicted molar refractivity (Wildman–Crippen MR) is 57.7 cm³/mol. The first-order valence-corrected chi connectivity index (χ1v) is 5.51. The van der Waals surface area contributed by atoms with Gasteiger partial charge in [-0.3, -0.25) is 0 Å². The summed E-state index contributed by atoms with van der Waals surface area (Å²) in [5.41, 5.74) is 2.92. The monoisotopic (exact) mass is 240 g/mol. The number of aryl methyl sites for hydroxylation is 1. The molecule has 0 saturated heterocycles. The van der Waals surface area contributed by atoms with Crippen LogP contribution < -0.4 is 4.74 Å². The van der Waals surface area contributed by atoms with E-state index in [1.165, 1.54) is 24.0 Å². The van der Waals surface area contributed by atoms with Crippen LogP contribution in [0.1, 0.15) is 17.5 Å². The molecule has 1 atom stereocenters. The fourth-order valence-corrected chi connectivity index (χ4v) is 2.39. The van der Waals surface area contributed by atoms with Crippen LogP contribution in [-0.4, -0.2) is 11.9 Å². The average molecular weight is 241 g/mol. The molecule has 0 aliphatic heterocycles. The van der Waals surface area contributed by atoms with Gasteiger partial charge in [0, 0.05) is 4.83 Å². The van der Waals surface area contributed by atoms with Gasteiger partial charge in [0.25, 0.3) is 0 Å². The lowest BCUT2D eigenvalue weighted by Gasteiger charge is -2.20. The predicted octanol–water partition coefficient (Wildman–Crippen LogP) is 2.95. The van der Waals surface area contributed by atoms with Gasteiger partial charge in [-0.05, 0) is 42.5 Å². The van der Waals surface area contributed by atoms with E-state index in [1.807, 2.05) is 6.07 Å². The molecular formula is C11H13BrO. The van der Waals surface area contributed by atoms with Gasteiger partial charge in [0.05, 0.1) is 7.11 Å². The van der Waals surface area contributed by atoms with E-state index in [9.17, 15) is 0 Å². The minimum Gasteiger partial charge on any atom is -0.497 e. The number of hydrogen-bond acceptors (Lipinski definition) is 1. The van der Waals surface area contributed by atoms with Crippen LogP contribution in [-0.2, 0) is 12.8 Å². The largest absolute Gasteiger partial charge is 0.497 e. The highest BCUT2D eigenvalue weighted by atomic mass is 79.9. The van der Waals surface area contributed by atoms with Crippen LogP contribution in [0.2, 0.25) is 0 Å². The van der Waals surface area contributed by atoms with E-state index in [-0.39, 0.29) is 0 Å². The second-order valence-corrected chi connectivity index (χ2v) is 4.77. The molecule has 13 heavy (non-hydrogen) atoms. The summed E-state index contributed by atoms with van der Waals surface area (Å²) in [5, 5.41) is 0. The summed E-state index contributed by atoms with van der Waals surface area (Å²) in [6, 6.07) is 6.39. The summed E-state index contributed by atoms with van der Waals surface area (Å²) in [6.07, 6.45) is 3.57. The smallest absolute Gasteiger partial charge is 0.119 e. The highest BCUT2D eigenvalue weighted by molar-refractivity contribution is 9.09. The SMILES string of the molecule is COc1ccc2c(c1)CC(Br)CC2. The van der Waals surface area contributed by atoms with Crippen LogP contribution in [0.3, 0.4) is 0 Å². The lowest BCUT2D eigenvalue weighted by molar-refractivity contribution is 0.413. The molecule has 0 spiro atoms. The number of benzene rings is 1. The van der Waals surface area contributed by atoms with E-state index in [1.54, 1.807) is 7.11 Å². The summed E-state index contributed by atoms with van der Waals surface area (Å²) in [4.78, 5) is 0.645. The van der Waals surface area contributed by atoms with E-state index in [0.717, 1.165) is 12.2 Å². The molecule has 1 aromatic carbocycles. The maximum Gasteiger partial charge on any atom is 0.119 e. The van der Waals surface area contributed by atoms with Crippen molar-refractivity contribution in [3.63, 3.8) is 0 Å². The Kier molecular flexibility index (Phi) is 2.58. The third-order valence-corrected chi connectivity index (χ3v) is 3.36. The van der Waals surface area contributed by atoms with Crippen LogP contribution in [0.4, 0.5) is 0 Å². The molecule has 2 heteroatoms. The van der Waals surface area contributed by atoms with Crippen molar-refractivity contribution >= 4 is 15.9 Å². The molecule has 1 aliphatic carbocycles. The normalized spacial score (nSPS) is 20.9. The Morgan fingerprint density at radius 2 is 2.23 bits per heavy atom. The topological polar surface area (TPSA) is 9.23 Å². The van der Waals surface area contributed by atoms with Gasteiger partial charge < -0.3 is 4.74 Å². The van der Waals surface area contributed by atoms with Crippen LogP contribution in [0, 0.1) is 0 Å². The van der Waals surface area contributed by atoms with Crippen molar-refractivity contribution in [3.05, 3.63) is 29.3 Å². The van der Waals surface area contributed by atoms with Gasteiger partial charge in [0.1, 0.15) is 5.75 Å². The number of methoxy groups -OCH3 is 1. The molecular weight excluding hydrogens is 228 g/mol. The highest BCUT2D eigenvalue weighted by Gasteiger charge is 2.16. The summed E-state index contributed by atoms with van der Waals surface area (Å²) in [5.74, 6) is 0.973. The van der Waals surface area contributed by atoms with Crippen molar-refractivity contribution in [1.29, 1.82) is 0 Å². The zero-order valence-corrected chi connectivity index (χ0v) is 9.30. The van der Waals surface area contributed by atoms with Crippen molar-refractivity contribution in [2.24, 2.45) is 0 Å². The molecule has 1 unspecified atom stereocenters. The fraction of sp³-hybridized carbons (Fsp3) is 0.455. The second kappa shape index (κ2) is 3.70. The minimum atomic E-state index is 0.645. The fourth-order valence-electron chi connectivity index (χ4n) is 1.82. The zero-order chi connectivity index (χ0) is 9.26. The molecule has 70 valence electrons. The molecule has 1 aromatic rings. The Morgan fingerprint density at radius 1 is 1.38 bits per heavy atom. The Hall–Kier alpha value is -0.500. The molecule has 2 rings (SSSR count). The number of halogens is 1. The summed E-state index contributed by atoms with van der Waals surface area (Å²) in [6.45, 7) is 0. The maximum atomic E-state index is 5.20. The third kappa shape index (κ3) is 1.88. The van der Waals surface area contributed by atoms with Crippen LogP contribution >= 0.6 is 15.9 Å². The third-order valence-electron chi connectivity index (χ3n) is 2.58. The van der Waals surface area contributed by atoms with E-state index < -0.39 is 0 Å². The average Bonchev–Trinajstić information content (AvgIpc) is 2.16. The zero-order valence-electron chi connectivity index (χ0n) is 7.72. The van der Waals surface area contributed by atoms with Gasteiger partial charge >= 0.3 is 0 Å². The first-order valence-electron chi connectivity index (χ1n) is 4.59. The van der Waals surface area contributed by atoms with Gasteiger partial charge in [0.15, 0.2) is 0 Å². The van der Waals surface area contributed by atoms with Crippen molar-refractivity contribution in [3.8, 4) is 5.75 Å². The van der Waals surface area contributed by atoms with E-state index >= 15 is 0 Å². The highest BCUT2D eigenvalue weighted by Crippen LogP contribution is 2.28. The van der Waals surface area contributed by atoms with Crippen LogP contribution in [0.5, 0.6) is 5.75 Å². The van der Waals surface area contributed by atoms with E-state index in [2.05, 4.69) is 28.1 Å². The number of hydrogen-bond donors (Lipinski definition) is 0. The van der Waals surface area contributed by atoms with Crippen molar-refractivity contribution < 1.29 is 4.74 Å². The summed E-state index contributed by atoms with van der Waals surface area (Å²) >= 11 is 3.66. The minimum absolute atomic E-state index is 0.645. The van der Waals surface area contributed by atoms with Crippen LogP contribution in [0.25, 0.3) is 0 Å². The standard InChI is InChI=1S/C11H13BrO/c1-13-11-5-3-8-2-4-10(12)6-9(8)7-11/h3,5,7,10H,2,4,6H2,1H3. The van der Waals surface area contributed by atoms with Gasteiger partial charge in [-0.1, -0.05) is 22.0 Å². The Bertz CT molecular complexity index is 309. The summed E-state index contributed by atoms with van der Waals surface area (Å²) in [7, 11) is 1.72. The first kappa shape index (κ1) is 9.07. The molecule has 0 amide bonds. The number of fused-ring (bicyclic) bond motifs is 1. The van der Waals surface area contributed by atoms with Crippen molar-refractivity contribution in [2.45, 2.75) is 24.1 Å². The van der Waals surface area contributed by atoms with Crippen molar-refractivity contribution in [1.82, 2.24) is 0 Å². The van der Waals surface area contributed by atoms with E-state index in [0.29, 0.717) is 4.83 Å². The lowest BCUT2D eigenvalue weighted by Crippen LogP contribution is -2.13. The Balaban J connectivity index is 2.32. The number of ether oxygens (including phenoxy) is 1. The molecule has 0 fully saturated rings. The molecule has 0 bridgehead atoms. The summed E-state index contributed by atoms with van der Waals surface area (Å²) < 4.78 is 5.20. The Morgan fingerprint density at radius 3 is 3.00 bits per heavy atom. The molecule has 1 aliphatic rings. The van der Waals surface area contributed by atoms with Gasteiger partial charge in [-0.25, -0.2) is 0 Å². The van der Waals surface area contributed by atoms with Gasteiger partial charge in [-0.15, -0.1) is 0 Å². The van der Waals surface area contributed by atoms with Gasteiger partial charge in [0.2, 0.25) is 0 Å². The molecule has 0 heterocycles. The van der Waals surface area contributed by atoms with E-state index in [4.69, 9.17) is 4.74 Å². The van der Waals surface area contributed by atoms with Crippen molar-refractivity contribution in [2.75, 3.05) is 7.11 Å². The first-order chi connectivity index (χ1) is 6.29. The Labute approximate surface area is 87.2 Å². The lowest BCUT2D eigenvalue weighted by atomic mass is 9.91. The second-order valence-electron chi connectivity index (χ2n) is 3.47. The van der Waals surface area contributed by atoms with Crippen LogP contribution in [0.15, 0.2) is 18.2 Å². The molecule has 0 saturated carbocycles. The molecule has 0 N–H and O–H groups in total.